The van der Waals surface area contributed by atoms with Crippen LogP contribution in [0.2, 0.25) is 0 Å². The van der Waals surface area contributed by atoms with Gasteiger partial charge >= 0.3 is 0 Å². The molecule has 1 fully saturated rings. The first kappa shape index (κ1) is 7.78. The van der Waals surface area contributed by atoms with Crippen molar-refractivity contribution in [1.29, 1.82) is 0 Å². The average molecular weight is 278 g/mol. The van der Waals surface area contributed by atoms with E-state index in [1.165, 1.54) is 0 Å². The number of nitrogens with zero attached hydrogens (tertiary/aromatic N) is 1. The molecule has 0 spiro atoms. The highest BCUT2D eigenvalue weighted by molar-refractivity contribution is 6.25. The second-order valence-electron chi connectivity index (χ2n) is 4.21. The van der Waals surface area contributed by atoms with E-state index in [0.29, 0.717) is 4.90 Å². The minimum Gasteiger partial charge on any atom is -0.398 e. The Morgan fingerprint density at radius 2 is 2.05 bits per heavy atom. The third-order valence-electron chi connectivity index (χ3n) is 2.99. The van der Waals surface area contributed by atoms with E-state index in [2.05, 4.69) is 0 Å². The Bertz CT molecular complexity index is 838. The van der Waals surface area contributed by atoms with Gasteiger partial charge in [-0.15, -0.1) is 0 Å². The van der Waals surface area contributed by atoms with Crippen LogP contribution >= 0.6 is 0 Å². The van der Waals surface area contributed by atoms with Crippen LogP contribution in [0.5, 0.6) is 0 Å². The molecule has 7 heteroatoms. The van der Waals surface area contributed by atoms with Gasteiger partial charge in [0.15, 0.2) is 0 Å². The Morgan fingerprint density at radius 1 is 1.30 bits per heavy atom. The summed E-state index contributed by atoms with van der Waals surface area (Å²) in [5, 5.41) is 1.87. The molecule has 20 heavy (non-hydrogen) atoms. The molecular formula is C13H11N3O4. The molecule has 2 aliphatic heterocycles. The monoisotopic (exact) mass is 278 g/mol. The van der Waals surface area contributed by atoms with Gasteiger partial charge in [0.1, 0.15) is 6.04 Å². The van der Waals surface area contributed by atoms with Gasteiger partial charge in [-0.05, 0) is 18.5 Å². The Morgan fingerprint density at radius 3 is 2.75 bits per heavy atom. The minimum absolute atomic E-state index is 0.305. The highest BCUT2D eigenvalue weighted by Crippen LogP contribution is 2.30. The number of hydrogen-bond donors (Lipinski definition) is 2. The molecule has 2 aliphatic rings. The SMILES string of the molecule is [2H]c1c([2H])c(N)c2c(c1[2H])C(=O)N(C1C(=O)NC(=O)CC1([2H])[2H])C2=O. The van der Waals surface area contributed by atoms with E-state index in [-0.39, 0.29) is 0 Å². The van der Waals surface area contributed by atoms with Gasteiger partial charge in [-0.3, -0.25) is 29.4 Å². The fourth-order valence-corrected chi connectivity index (χ4v) is 2.11. The summed E-state index contributed by atoms with van der Waals surface area (Å²) in [6.45, 7) is 0. The first-order chi connectivity index (χ1) is 11.5. The van der Waals surface area contributed by atoms with Crippen LogP contribution in [-0.2, 0) is 9.59 Å². The van der Waals surface area contributed by atoms with Gasteiger partial charge in [-0.1, -0.05) is 6.04 Å². The largest absolute Gasteiger partial charge is 0.398 e. The molecule has 0 radical (unpaired) electrons. The Kier molecular flexibility index (Phi) is 1.62. The van der Waals surface area contributed by atoms with Crippen molar-refractivity contribution in [2.75, 3.05) is 5.73 Å². The van der Waals surface area contributed by atoms with E-state index >= 15 is 0 Å². The molecule has 1 saturated heterocycles. The molecule has 0 aliphatic carbocycles. The number of nitrogens with two attached hydrogens (primary N) is 1. The van der Waals surface area contributed by atoms with Crippen LogP contribution in [0, 0.1) is 0 Å². The van der Waals surface area contributed by atoms with E-state index in [9.17, 15) is 19.2 Å². The van der Waals surface area contributed by atoms with Gasteiger partial charge in [0, 0.05) is 14.8 Å². The summed E-state index contributed by atoms with van der Waals surface area (Å²) < 4.78 is 38.8. The number of carbonyl (C=O) groups excluding carboxylic acids is 4. The maximum atomic E-state index is 12.6. The van der Waals surface area contributed by atoms with Crippen LogP contribution in [0.15, 0.2) is 18.1 Å². The van der Waals surface area contributed by atoms with Gasteiger partial charge in [0.2, 0.25) is 11.8 Å². The molecule has 1 aromatic rings. The Balaban J connectivity index is 2.19. The number of amides is 4. The Hall–Kier alpha value is -2.70. The molecule has 1 unspecified atom stereocenters. The number of imide groups is 2. The van der Waals surface area contributed by atoms with E-state index in [0.717, 1.165) is 0 Å². The standard InChI is InChI=1S/C13H11N3O4/c14-7-3-1-2-6-10(7)13(20)16(12(6)19)8-4-5-9(17)15-11(8)18/h1-3,8H,4-5,14H2,(H,15,17,18)/i1D,2D,3D,4D2. The second kappa shape index (κ2) is 4.16. The molecule has 0 saturated carbocycles. The van der Waals surface area contributed by atoms with Crippen LogP contribution in [0.25, 0.3) is 0 Å². The topological polar surface area (TPSA) is 110 Å². The number of piperidine rings is 1. The second-order valence-corrected chi connectivity index (χ2v) is 4.21. The normalized spacial score (nSPS) is 28.1. The molecule has 3 N–H and O–H groups in total. The summed E-state index contributed by atoms with van der Waals surface area (Å²) >= 11 is 0. The number of fused-ring (bicyclic) bond motifs is 1. The number of hydrogen-bond acceptors (Lipinski definition) is 5. The molecule has 2 heterocycles. The van der Waals surface area contributed by atoms with E-state index < -0.39 is 77.4 Å². The van der Waals surface area contributed by atoms with Crippen LogP contribution in [0.4, 0.5) is 5.69 Å². The maximum absolute atomic E-state index is 12.6. The smallest absolute Gasteiger partial charge is 0.264 e. The number of carbonyl (C=O) groups is 4. The van der Waals surface area contributed by atoms with Crippen LogP contribution < -0.4 is 11.1 Å². The van der Waals surface area contributed by atoms with Gasteiger partial charge in [0.25, 0.3) is 11.8 Å². The molecule has 1 atom stereocenters. The lowest BCUT2D eigenvalue weighted by atomic mass is 10.0. The first-order valence-corrected chi connectivity index (χ1v) is 5.60. The number of nitrogens with one attached hydrogen (secondary N) is 1. The summed E-state index contributed by atoms with van der Waals surface area (Å²) in [6.07, 6.45) is -3.26. The van der Waals surface area contributed by atoms with Crippen molar-refractivity contribution in [1.82, 2.24) is 10.2 Å². The lowest BCUT2D eigenvalue weighted by Crippen LogP contribution is -2.54. The van der Waals surface area contributed by atoms with Crippen molar-refractivity contribution in [3.63, 3.8) is 0 Å². The first-order valence-electron chi connectivity index (χ1n) is 8.10. The molecular weight excluding hydrogens is 262 g/mol. The molecule has 0 bridgehead atoms. The summed E-state index contributed by atoms with van der Waals surface area (Å²) in [5.41, 5.74) is 4.08. The number of anilines is 1. The fourth-order valence-electron chi connectivity index (χ4n) is 2.11. The van der Waals surface area contributed by atoms with Crippen molar-refractivity contribution < 1.29 is 26.0 Å². The zero-order valence-corrected chi connectivity index (χ0v) is 9.94. The predicted octanol–water partition coefficient (Wildman–Crippen LogP) is -0.330. The van der Waals surface area contributed by atoms with Crippen LogP contribution in [-0.4, -0.2) is 34.6 Å². The van der Waals surface area contributed by atoms with Crippen LogP contribution in [0.3, 0.4) is 0 Å². The lowest BCUT2D eigenvalue weighted by molar-refractivity contribution is -0.136. The quantitative estimate of drug-likeness (QED) is 0.540. The van der Waals surface area contributed by atoms with Crippen molar-refractivity contribution in [2.24, 2.45) is 0 Å². The summed E-state index contributed by atoms with van der Waals surface area (Å²) in [7, 11) is 0. The third kappa shape index (κ3) is 1.59. The maximum Gasteiger partial charge on any atom is 0.264 e. The van der Waals surface area contributed by atoms with Crippen molar-refractivity contribution in [3.8, 4) is 0 Å². The molecule has 3 rings (SSSR count). The van der Waals surface area contributed by atoms with E-state index in [1.54, 1.807) is 0 Å². The van der Waals surface area contributed by atoms with Crippen LogP contribution in [0.1, 0.15) is 40.4 Å². The Labute approximate surface area is 120 Å². The zero-order chi connectivity index (χ0) is 18.8. The molecule has 4 amide bonds. The third-order valence-corrected chi connectivity index (χ3v) is 2.99. The van der Waals surface area contributed by atoms with E-state index in [1.807, 2.05) is 5.32 Å². The highest BCUT2D eigenvalue weighted by Gasteiger charge is 2.45. The van der Waals surface area contributed by atoms with E-state index in [4.69, 9.17) is 12.6 Å². The highest BCUT2D eigenvalue weighted by atomic mass is 16.2. The molecule has 102 valence electrons. The number of benzene rings is 1. The molecule has 1 aromatic carbocycles. The minimum atomic E-state index is -2.52. The van der Waals surface area contributed by atoms with Gasteiger partial charge < -0.3 is 5.73 Å². The summed E-state index contributed by atoms with van der Waals surface area (Å²) in [4.78, 5) is 49.0. The van der Waals surface area contributed by atoms with Gasteiger partial charge in [-0.2, -0.15) is 0 Å². The zero-order valence-electron chi connectivity index (χ0n) is 14.9. The van der Waals surface area contributed by atoms with Crippen molar-refractivity contribution in [3.05, 3.63) is 29.3 Å². The fraction of sp³-hybridized carbons (Fsp3) is 0.231. The van der Waals surface area contributed by atoms with Gasteiger partial charge in [0.05, 0.1) is 15.2 Å². The lowest BCUT2D eigenvalue weighted by Gasteiger charge is -2.27. The van der Waals surface area contributed by atoms with Gasteiger partial charge in [-0.25, -0.2) is 0 Å². The number of nitrogen functional groups attached to an aromatic ring is 1. The predicted molar refractivity (Wildman–Crippen MR) is 67.5 cm³/mol. The average Bonchev–Trinajstić information content (AvgIpc) is 2.74. The molecule has 0 aromatic heterocycles. The number of rotatable bonds is 1. The van der Waals surface area contributed by atoms with Crippen molar-refractivity contribution >= 4 is 29.3 Å². The van der Waals surface area contributed by atoms with Crippen molar-refractivity contribution in [2.45, 2.75) is 18.8 Å². The summed E-state index contributed by atoms with van der Waals surface area (Å²) in [5.74, 6) is -4.36. The molecule has 7 nitrogen and oxygen atoms in total. The summed E-state index contributed by atoms with van der Waals surface area (Å²) in [6, 6.07) is -3.91.